The van der Waals surface area contributed by atoms with Crippen molar-refractivity contribution in [1.29, 1.82) is 0 Å². The third kappa shape index (κ3) is 3.05. The summed E-state index contributed by atoms with van der Waals surface area (Å²) in [5, 5.41) is 0. The van der Waals surface area contributed by atoms with Crippen molar-refractivity contribution in [2.75, 3.05) is 11.4 Å². The smallest absolute Gasteiger partial charge is 0.229 e. The largest absolute Gasteiger partial charge is 0.307 e. The summed E-state index contributed by atoms with van der Waals surface area (Å²) in [7, 11) is 0. The average Bonchev–Trinajstić information content (AvgIpc) is 2.48. The van der Waals surface area contributed by atoms with Gasteiger partial charge in [-0.05, 0) is 22.8 Å². The Labute approximate surface area is 126 Å². The van der Waals surface area contributed by atoms with Gasteiger partial charge in [0.05, 0.1) is 12.2 Å². The van der Waals surface area contributed by atoms with Crippen molar-refractivity contribution in [1.82, 2.24) is 0 Å². The first-order valence-electron chi connectivity index (χ1n) is 7.15. The van der Waals surface area contributed by atoms with Crippen molar-refractivity contribution in [3.8, 4) is 0 Å². The van der Waals surface area contributed by atoms with Crippen LogP contribution >= 0.6 is 0 Å². The zero-order valence-corrected chi connectivity index (χ0v) is 12.7. The van der Waals surface area contributed by atoms with Gasteiger partial charge >= 0.3 is 0 Å². The van der Waals surface area contributed by atoms with Crippen LogP contribution in [0.3, 0.4) is 0 Å². The van der Waals surface area contributed by atoms with E-state index in [1.54, 1.807) is 12.2 Å². The van der Waals surface area contributed by atoms with Crippen molar-refractivity contribution in [2.45, 2.75) is 13.8 Å². The number of rotatable bonds is 3. The third-order valence-electron chi connectivity index (χ3n) is 3.60. The fraction of sp³-hybridized carbons (Fsp3) is 0.211. The molecule has 0 spiro atoms. The Balaban J connectivity index is 2.62. The number of hydrogen-bond donors (Lipinski definition) is 0. The topological polar surface area (TPSA) is 20.3 Å². The second-order valence-corrected chi connectivity index (χ2v) is 5.36. The predicted molar refractivity (Wildman–Crippen MR) is 90.1 cm³/mol. The van der Waals surface area contributed by atoms with Gasteiger partial charge in [-0.15, -0.1) is 0 Å². The van der Waals surface area contributed by atoms with Crippen molar-refractivity contribution in [3.63, 3.8) is 0 Å². The highest BCUT2D eigenvalue weighted by Crippen LogP contribution is 2.28. The lowest BCUT2D eigenvalue weighted by Crippen LogP contribution is -2.36. The van der Waals surface area contributed by atoms with Crippen LogP contribution in [-0.2, 0) is 4.79 Å². The summed E-state index contributed by atoms with van der Waals surface area (Å²) >= 11 is 0. The average molecular weight is 279 g/mol. The first-order valence-corrected chi connectivity index (χ1v) is 7.15. The van der Waals surface area contributed by atoms with E-state index < -0.39 is 0 Å². The van der Waals surface area contributed by atoms with Crippen LogP contribution in [0.1, 0.15) is 19.4 Å². The third-order valence-corrected chi connectivity index (χ3v) is 3.60. The summed E-state index contributed by atoms with van der Waals surface area (Å²) < 4.78 is 0. The van der Waals surface area contributed by atoms with Gasteiger partial charge in [0.15, 0.2) is 0 Å². The van der Waals surface area contributed by atoms with E-state index >= 15 is 0 Å². The Morgan fingerprint density at radius 2 is 1.90 bits per heavy atom. The molecule has 0 bridgehead atoms. The fourth-order valence-electron chi connectivity index (χ4n) is 2.40. The quantitative estimate of drug-likeness (QED) is 0.804. The van der Waals surface area contributed by atoms with Gasteiger partial charge in [0, 0.05) is 5.92 Å². The lowest BCUT2D eigenvalue weighted by Gasteiger charge is -2.28. The van der Waals surface area contributed by atoms with Crippen LogP contribution in [0.25, 0.3) is 6.08 Å². The molecule has 0 N–H and O–H groups in total. The van der Waals surface area contributed by atoms with Gasteiger partial charge in [0.25, 0.3) is 0 Å². The first-order chi connectivity index (χ1) is 10.1. The van der Waals surface area contributed by atoms with Gasteiger partial charge in [-0.3, -0.25) is 4.79 Å². The minimum atomic E-state index is -0.0558. The SMILES string of the molecule is C=CC1=C(\C=C)CN(C(=O)C(C)C)c2ccccc2/C=C\1. The van der Waals surface area contributed by atoms with E-state index in [4.69, 9.17) is 0 Å². The van der Waals surface area contributed by atoms with E-state index in [9.17, 15) is 4.79 Å². The second kappa shape index (κ2) is 6.40. The number of amides is 1. The lowest BCUT2D eigenvalue weighted by molar-refractivity contribution is -0.121. The molecule has 0 aliphatic carbocycles. The summed E-state index contributed by atoms with van der Waals surface area (Å²) in [6.07, 6.45) is 7.66. The maximum Gasteiger partial charge on any atom is 0.229 e. The highest BCUT2D eigenvalue weighted by Gasteiger charge is 2.22. The number of nitrogens with zero attached hydrogens (tertiary/aromatic N) is 1. The maximum absolute atomic E-state index is 12.6. The van der Waals surface area contributed by atoms with E-state index in [2.05, 4.69) is 13.2 Å². The van der Waals surface area contributed by atoms with Gasteiger partial charge in [0.2, 0.25) is 5.91 Å². The Bertz CT molecular complexity index is 635. The molecule has 2 rings (SSSR count). The molecule has 1 aromatic carbocycles. The first kappa shape index (κ1) is 15.0. The van der Waals surface area contributed by atoms with Crippen LogP contribution in [0.4, 0.5) is 5.69 Å². The number of allylic oxidation sites excluding steroid dienone is 3. The summed E-state index contributed by atoms with van der Waals surface area (Å²) in [6.45, 7) is 12.1. The minimum Gasteiger partial charge on any atom is -0.307 e. The fourth-order valence-corrected chi connectivity index (χ4v) is 2.40. The lowest BCUT2D eigenvalue weighted by atomic mass is 10.00. The van der Waals surface area contributed by atoms with E-state index in [-0.39, 0.29) is 11.8 Å². The van der Waals surface area contributed by atoms with E-state index in [1.807, 2.05) is 55.2 Å². The zero-order chi connectivity index (χ0) is 15.4. The number of fused-ring (bicyclic) bond motifs is 1. The van der Waals surface area contributed by atoms with Gasteiger partial charge in [-0.25, -0.2) is 0 Å². The monoisotopic (exact) mass is 279 g/mol. The molecule has 0 radical (unpaired) electrons. The second-order valence-electron chi connectivity index (χ2n) is 5.36. The molecule has 108 valence electrons. The predicted octanol–water partition coefficient (Wildman–Crippen LogP) is 4.37. The minimum absolute atomic E-state index is 0.0558. The molecular weight excluding hydrogens is 258 g/mol. The van der Waals surface area contributed by atoms with Crippen molar-refractivity contribution < 1.29 is 4.79 Å². The number of benzene rings is 1. The van der Waals surface area contributed by atoms with Crippen LogP contribution in [0.5, 0.6) is 0 Å². The van der Waals surface area contributed by atoms with Gasteiger partial charge in [-0.1, -0.05) is 69.5 Å². The van der Waals surface area contributed by atoms with Crippen LogP contribution in [0.2, 0.25) is 0 Å². The molecular formula is C19H21NO. The number of para-hydroxylation sites is 1. The van der Waals surface area contributed by atoms with Crippen molar-refractivity contribution in [3.05, 3.63) is 72.4 Å². The molecule has 0 fully saturated rings. The number of carbonyl (C=O) groups is 1. The molecule has 0 aromatic heterocycles. The van der Waals surface area contributed by atoms with Crippen LogP contribution < -0.4 is 4.90 Å². The van der Waals surface area contributed by atoms with Crippen LogP contribution in [-0.4, -0.2) is 12.5 Å². The highest BCUT2D eigenvalue weighted by atomic mass is 16.2. The zero-order valence-electron chi connectivity index (χ0n) is 12.7. The van der Waals surface area contributed by atoms with Crippen LogP contribution in [0.15, 0.2) is 66.8 Å². The Kier molecular flexibility index (Phi) is 4.59. The molecule has 1 aliphatic heterocycles. The molecule has 2 nitrogen and oxygen atoms in total. The molecule has 0 atom stereocenters. The molecule has 21 heavy (non-hydrogen) atoms. The summed E-state index contributed by atoms with van der Waals surface area (Å²) in [5.41, 5.74) is 3.98. The van der Waals surface area contributed by atoms with E-state index in [1.165, 1.54) is 0 Å². The standard InChI is InChI=1S/C19H21NO/c1-5-15-11-12-17-9-7-8-10-18(17)20(13-16(15)6-2)19(21)14(3)4/h5-12,14H,1-2,13H2,3-4H3/b12-11-,16-15-. The summed E-state index contributed by atoms with van der Waals surface area (Å²) in [6, 6.07) is 7.95. The molecule has 0 unspecified atom stereocenters. The normalized spacial score (nSPS) is 19.5. The van der Waals surface area contributed by atoms with Crippen molar-refractivity contribution >= 4 is 17.7 Å². The number of carbonyl (C=O) groups excluding carboxylic acids is 1. The van der Waals surface area contributed by atoms with E-state index in [0.29, 0.717) is 6.54 Å². The molecule has 0 saturated heterocycles. The van der Waals surface area contributed by atoms with E-state index in [0.717, 1.165) is 22.4 Å². The summed E-state index contributed by atoms with van der Waals surface area (Å²) in [4.78, 5) is 14.4. The number of anilines is 1. The molecule has 2 heteroatoms. The molecule has 1 heterocycles. The van der Waals surface area contributed by atoms with Crippen molar-refractivity contribution in [2.24, 2.45) is 5.92 Å². The van der Waals surface area contributed by atoms with Gasteiger partial charge in [-0.2, -0.15) is 0 Å². The molecule has 1 aromatic rings. The Morgan fingerprint density at radius 1 is 1.19 bits per heavy atom. The molecule has 1 aliphatic rings. The maximum atomic E-state index is 12.6. The van der Waals surface area contributed by atoms with Crippen LogP contribution in [0, 0.1) is 5.92 Å². The van der Waals surface area contributed by atoms with Gasteiger partial charge < -0.3 is 4.90 Å². The molecule has 0 saturated carbocycles. The Hall–Kier alpha value is -2.35. The van der Waals surface area contributed by atoms with Gasteiger partial charge in [0.1, 0.15) is 0 Å². The highest BCUT2D eigenvalue weighted by molar-refractivity contribution is 5.97. The Morgan fingerprint density at radius 3 is 2.52 bits per heavy atom. The number of hydrogen-bond acceptors (Lipinski definition) is 1. The summed E-state index contributed by atoms with van der Waals surface area (Å²) in [5.74, 6) is 0.0558. The molecule has 1 amide bonds.